The largest absolute Gasteiger partial charge is 0.493 e. The standard InChI is InChI=1S/C17H19NO3S2/c1-2-20-14-8-4-3-6-12(14)10-15-16(19)18(17(22)23-15)11-13-7-5-9-21-13/h3-4,6,8,10,13H,2,5,7,9,11H2,1H3/b15-10-/t13-/m1/s1. The third-order valence-electron chi connectivity index (χ3n) is 3.79. The zero-order valence-corrected chi connectivity index (χ0v) is 14.6. The Hall–Kier alpha value is -1.37. The highest BCUT2D eigenvalue weighted by Gasteiger charge is 2.34. The molecule has 122 valence electrons. The molecule has 0 aliphatic carbocycles. The van der Waals surface area contributed by atoms with Crippen LogP contribution < -0.4 is 4.74 Å². The summed E-state index contributed by atoms with van der Waals surface area (Å²) >= 11 is 6.71. The highest BCUT2D eigenvalue weighted by Crippen LogP contribution is 2.35. The maximum absolute atomic E-state index is 12.6. The molecule has 2 aliphatic rings. The number of carbonyl (C=O) groups excluding carboxylic acids is 1. The summed E-state index contributed by atoms with van der Waals surface area (Å²) in [4.78, 5) is 14.9. The van der Waals surface area contributed by atoms with Crippen molar-refractivity contribution in [1.82, 2.24) is 4.90 Å². The molecule has 0 N–H and O–H groups in total. The smallest absolute Gasteiger partial charge is 0.266 e. The van der Waals surface area contributed by atoms with Gasteiger partial charge in [0.05, 0.1) is 24.2 Å². The van der Waals surface area contributed by atoms with Crippen LogP contribution in [-0.2, 0) is 9.53 Å². The van der Waals surface area contributed by atoms with Crippen LogP contribution in [0, 0.1) is 0 Å². The summed E-state index contributed by atoms with van der Waals surface area (Å²) in [6.07, 6.45) is 4.01. The molecule has 2 aliphatic heterocycles. The summed E-state index contributed by atoms with van der Waals surface area (Å²) in [6, 6.07) is 7.70. The van der Waals surface area contributed by atoms with Crippen LogP contribution >= 0.6 is 24.0 Å². The number of amides is 1. The van der Waals surface area contributed by atoms with Gasteiger partial charge in [0.2, 0.25) is 0 Å². The molecular formula is C17H19NO3S2. The predicted molar refractivity (Wildman–Crippen MR) is 96.5 cm³/mol. The van der Waals surface area contributed by atoms with Gasteiger partial charge in [-0.3, -0.25) is 9.69 Å². The Labute approximate surface area is 145 Å². The minimum atomic E-state index is -0.0400. The highest BCUT2D eigenvalue weighted by atomic mass is 32.2. The number of ether oxygens (including phenoxy) is 2. The highest BCUT2D eigenvalue weighted by molar-refractivity contribution is 8.26. The van der Waals surface area contributed by atoms with E-state index >= 15 is 0 Å². The van der Waals surface area contributed by atoms with Crippen LogP contribution in [0.3, 0.4) is 0 Å². The lowest BCUT2D eigenvalue weighted by Gasteiger charge is -2.18. The van der Waals surface area contributed by atoms with E-state index in [1.54, 1.807) is 4.90 Å². The predicted octanol–water partition coefficient (Wildman–Crippen LogP) is 3.47. The van der Waals surface area contributed by atoms with E-state index in [1.165, 1.54) is 11.8 Å². The molecule has 23 heavy (non-hydrogen) atoms. The fourth-order valence-electron chi connectivity index (χ4n) is 2.68. The van der Waals surface area contributed by atoms with E-state index in [0.717, 1.165) is 30.8 Å². The SMILES string of the molecule is CCOc1ccccc1/C=C1\SC(=S)N(C[C@H]2CCCO2)C1=O. The van der Waals surface area contributed by atoms with Gasteiger partial charge in [0, 0.05) is 12.2 Å². The van der Waals surface area contributed by atoms with E-state index < -0.39 is 0 Å². The van der Waals surface area contributed by atoms with Gasteiger partial charge in [0.1, 0.15) is 10.1 Å². The van der Waals surface area contributed by atoms with Gasteiger partial charge in [0.25, 0.3) is 5.91 Å². The lowest BCUT2D eigenvalue weighted by molar-refractivity contribution is -0.123. The first-order valence-corrected chi connectivity index (χ1v) is 9.00. The second-order valence-corrected chi connectivity index (χ2v) is 7.07. The first-order valence-electron chi connectivity index (χ1n) is 7.78. The maximum Gasteiger partial charge on any atom is 0.266 e. The van der Waals surface area contributed by atoms with E-state index in [-0.39, 0.29) is 12.0 Å². The fraction of sp³-hybridized carbons (Fsp3) is 0.412. The Kier molecular flexibility index (Phi) is 5.35. The van der Waals surface area contributed by atoms with Crippen LogP contribution in [0.2, 0.25) is 0 Å². The number of thiocarbonyl (C=S) groups is 1. The summed E-state index contributed by atoms with van der Waals surface area (Å²) in [6.45, 7) is 3.86. The van der Waals surface area contributed by atoms with Crippen molar-refractivity contribution in [2.24, 2.45) is 0 Å². The molecule has 1 atom stereocenters. The molecule has 0 saturated carbocycles. The summed E-state index contributed by atoms with van der Waals surface area (Å²) in [5.41, 5.74) is 0.895. The number of nitrogens with zero attached hydrogens (tertiary/aromatic N) is 1. The van der Waals surface area contributed by atoms with E-state index in [2.05, 4.69) is 0 Å². The average molecular weight is 349 g/mol. The molecule has 1 aromatic rings. The van der Waals surface area contributed by atoms with Gasteiger partial charge in [-0.15, -0.1) is 0 Å². The Balaban J connectivity index is 1.78. The molecular weight excluding hydrogens is 330 g/mol. The van der Waals surface area contributed by atoms with Gasteiger partial charge < -0.3 is 9.47 Å². The molecule has 3 rings (SSSR count). The van der Waals surface area contributed by atoms with Crippen molar-refractivity contribution in [2.75, 3.05) is 19.8 Å². The number of hydrogen-bond acceptors (Lipinski definition) is 5. The molecule has 2 heterocycles. The zero-order valence-electron chi connectivity index (χ0n) is 13.0. The summed E-state index contributed by atoms with van der Waals surface area (Å²) in [5, 5.41) is 0. The van der Waals surface area contributed by atoms with Crippen LogP contribution in [0.1, 0.15) is 25.3 Å². The second-order valence-electron chi connectivity index (χ2n) is 5.40. The van der Waals surface area contributed by atoms with Crippen LogP contribution in [0.4, 0.5) is 0 Å². The average Bonchev–Trinajstić information content (AvgIpc) is 3.14. The topological polar surface area (TPSA) is 38.8 Å². The Bertz CT molecular complexity index is 638. The Morgan fingerprint density at radius 3 is 3.04 bits per heavy atom. The Morgan fingerprint density at radius 1 is 1.48 bits per heavy atom. The molecule has 0 unspecified atom stereocenters. The number of rotatable bonds is 5. The second kappa shape index (κ2) is 7.47. The maximum atomic E-state index is 12.6. The monoisotopic (exact) mass is 349 g/mol. The van der Waals surface area contributed by atoms with Gasteiger partial charge in [-0.2, -0.15) is 0 Å². The lowest BCUT2D eigenvalue weighted by Crippen LogP contribution is -2.35. The van der Waals surface area contributed by atoms with Crippen LogP contribution in [0.25, 0.3) is 6.08 Å². The zero-order chi connectivity index (χ0) is 16.2. The van der Waals surface area contributed by atoms with E-state index in [4.69, 9.17) is 21.7 Å². The van der Waals surface area contributed by atoms with E-state index in [0.29, 0.717) is 22.4 Å². The molecule has 0 radical (unpaired) electrons. The first kappa shape index (κ1) is 16.5. The normalized spacial score (nSPS) is 23.1. The first-order chi connectivity index (χ1) is 11.2. The molecule has 4 nitrogen and oxygen atoms in total. The third kappa shape index (κ3) is 3.76. The van der Waals surface area contributed by atoms with Crippen molar-refractivity contribution in [3.05, 3.63) is 34.7 Å². The number of para-hydroxylation sites is 1. The molecule has 0 spiro atoms. The van der Waals surface area contributed by atoms with Gasteiger partial charge in [-0.05, 0) is 31.9 Å². The Morgan fingerprint density at radius 2 is 2.30 bits per heavy atom. The minimum Gasteiger partial charge on any atom is -0.493 e. The quantitative estimate of drug-likeness (QED) is 0.601. The van der Waals surface area contributed by atoms with Crippen LogP contribution in [0.15, 0.2) is 29.2 Å². The van der Waals surface area contributed by atoms with Crippen molar-refractivity contribution in [1.29, 1.82) is 0 Å². The lowest BCUT2D eigenvalue weighted by atomic mass is 10.2. The van der Waals surface area contributed by atoms with Crippen molar-refractivity contribution in [3.8, 4) is 5.75 Å². The van der Waals surface area contributed by atoms with E-state index in [9.17, 15) is 4.79 Å². The molecule has 0 aromatic heterocycles. The van der Waals surface area contributed by atoms with Gasteiger partial charge in [-0.1, -0.05) is 42.2 Å². The molecule has 0 bridgehead atoms. The molecule has 6 heteroatoms. The van der Waals surface area contributed by atoms with Crippen molar-refractivity contribution < 1.29 is 14.3 Å². The van der Waals surface area contributed by atoms with Gasteiger partial charge >= 0.3 is 0 Å². The van der Waals surface area contributed by atoms with Crippen molar-refractivity contribution in [3.63, 3.8) is 0 Å². The fourth-order valence-corrected chi connectivity index (χ4v) is 3.94. The number of thioether (sulfide) groups is 1. The minimum absolute atomic E-state index is 0.0400. The van der Waals surface area contributed by atoms with Crippen molar-refractivity contribution >= 4 is 40.3 Å². The number of benzene rings is 1. The van der Waals surface area contributed by atoms with Gasteiger partial charge in [0.15, 0.2) is 0 Å². The van der Waals surface area contributed by atoms with Crippen molar-refractivity contribution in [2.45, 2.75) is 25.9 Å². The molecule has 2 saturated heterocycles. The third-order valence-corrected chi connectivity index (χ3v) is 5.17. The van der Waals surface area contributed by atoms with Gasteiger partial charge in [-0.25, -0.2) is 0 Å². The summed E-state index contributed by atoms with van der Waals surface area (Å²) in [5.74, 6) is 0.737. The summed E-state index contributed by atoms with van der Waals surface area (Å²) in [7, 11) is 0. The molecule has 1 amide bonds. The van der Waals surface area contributed by atoms with E-state index in [1.807, 2.05) is 37.3 Å². The van der Waals surface area contributed by atoms with Crippen LogP contribution in [0.5, 0.6) is 5.75 Å². The summed E-state index contributed by atoms with van der Waals surface area (Å²) < 4.78 is 11.8. The molecule has 2 fully saturated rings. The molecule has 1 aromatic carbocycles. The number of hydrogen-bond donors (Lipinski definition) is 0. The number of carbonyl (C=O) groups is 1. The van der Waals surface area contributed by atoms with Crippen LogP contribution in [-0.4, -0.2) is 41.0 Å².